The summed E-state index contributed by atoms with van der Waals surface area (Å²) in [5, 5.41) is 13.8. The van der Waals surface area contributed by atoms with Gasteiger partial charge in [-0.1, -0.05) is 30.3 Å². The van der Waals surface area contributed by atoms with Crippen LogP contribution in [0.4, 0.5) is 11.4 Å². The Morgan fingerprint density at radius 1 is 1.07 bits per heavy atom. The lowest BCUT2D eigenvalue weighted by atomic mass is 10.0. The zero-order chi connectivity index (χ0) is 20.1. The summed E-state index contributed by atoms with van der Waals surface area (Å²) >= 11 is 0. The molecule has 0 saturated carbocycles. The molecule has 0 bridgehead atoms. The number of anilines is 1. The molecule has 0 fully saturated rings. The van der Waals surface area contributed by atoms with Crippen LogP contribution in [0.3, 0.4) is 0 Å². The van der Waals surface area contributed by atoms with Crippen molar-refractivity contribution in [1.82, 2.24) is 0 Å². The minimum atomic E-state index is -0.556. The van der Waals surface area contributed by atoms with E-state index in [0.717, 1.165) is 16.7 Å². The molecule has 0 aliphatic rings. The molecule has 0 aromatic heterocycles. The Kier molecular flexibility index (Phi) is 5.67. The number of rotatable bonds is 6. The highest BCUT2D eigenvalue weighted by Crippen LogP contribution is 2.30. The van der Waals surface area contributed by atoms with Crippen molar-refractivity contribution in [3.05, 3.63) is 88.0 Å². The maximum atomic E-state index is 12.6. The molecule has 0 unspecified atom stereocenters. The number of carbonyl (C=O) groups is 1. The number of nitro benzene ring substituents is 1. The molecule has 1 amide bonds. The molecule has 7 heteroatoms. The number of hydrogen-bond donors (Lipinski definition) is 2. The maximum Gasteiger partial charge on any atom is 0.312 e. The van der Waals surface area contributed by atoms with E-state index in [-0.39, 0.29) is 17.3 Å². The molecule has 28 heavy (non-hydrogen) atoms. The largest absolute Gasteiger partial charge is 0.490 e. The fraction of sp³-hybridized carbons (Fsp3) is 0.0952. The summed E-state index contributed by atoms with van der Waals surface area (Å²) in [7, 11) is 1.35. The number of carbonyl (C=O) groups excluding carboxylic acids is 1. The zero-order valence-electron chi connectivity index (χ0n) is 15.2. The molecule has 3 aromatic carbocycles. The van der Waals surface area contributed by atoms with Crippen LogP contribution in [0.25, 0.3) is 11.1 Å². The van der Waals surface area contributed by atoms with Gasteiger partial charge in [0.2, 0.25) is 0 Å². The van der Waals surface area contributed by atoms with E-state index in [9.17, 15) is 14.9 Å². The topological polar surface area (TPSA) is 107 Å². The standard InChI is InChI=1S/C21H19N3O4/c1-28-20-9-8-18(12-19(20)24(26)27)23-21(25)17-7-3-6-16(11-17)15-5-2-4-14(10-15)13-22/h2-12H,13,22H2,1H3,(H,23,25). The summed E-state index contributed by atoms with van der Waals surface area (Å²) in [6.07, 6.45) is 0. The first-order chi connectivity index (χ1) is 13.5. The number of ether oxygens (including phenoxy) is 1. The Balaban J connectivity index is 1.85. The normalized spacial score (nSPS) is 10.4. The van der Waals surface area contributed by atoms with Crippen LogP contribution in [-0.4, -0.2) is 17.9 Å². The number of nitrogens with one attached hydrogen (secondary N) is 1. The van der Waals surface area contributed by atoms with Crippen LogP contribution < -0.4 is 15.8 Å². The van der Waals surface area contributed by atoms with Gasteiger partial charge in [0.1, 0.15) is 0 Å². The second-order valence-electron chi connectivity index (χ2n) is 6.08. The third-order valence-corrected chi connectivity index (χ3v) is 4.25. The summed E-state index contributed by atoms with van der Waals surface area (Å²) in [5.74, 6) is -0.235. The monoisotopic (exact) mass is 377 g/mol. The second-order valence-corrected chi connectivity index (χ2v) is 6.08. The third kappa shape index (κ3) is 4.16. The van der Waals surface area contributed by atoms with Crippen LogP contribution in [0.5, 0.6) is 5.75 Å². The summed E-state index contributed by atoms with van der Waals surface area (Å²) in [6, 6.07) is 19.2. The average Bonchev–Trinajstić information content (AvgIpc) is 2.73. The van der Waals surface area contributed by atoms with Crippen molar-refractivity contribution in [2.75, 3.05) is 12.4 Å². The van der Waals surface area contributed by atoms with E-state index in [4.69, 9.17) is 10.5 Å². The Morgan fingerprint density at radius 2 is 1.79 bits per heavy atom. The fourth-order valence-electron chi connectivity index (χ4n) is 2.83. The lowest BCUT2D eigenvalue weighted by Crippen LogP contribution is -2.12. The van der Waals surface area contributed by atoms with Crippen LogP contribution in [-0.2, 0) is 6.54 Å². The van der Waals surface area contributed by atoms with Gasteiger partial charge in [-0.05, 0) is 47.0 Å². The molecule has 0 aliphatic carbocycles. The predicted octanol–water partition coefficient (Wildman–Crippen LogP) is 3.98. The zero-order valence-corrected chi connectivity index (χ0v) is 15.2. The van der Waals surface area contributed by atoms with Crippen LogP contribution in [0.15, 0.2) is 66.7 Å². The van der Waals surface area contributed by atoms with Gasteiger partial charge in [-0.2, -0.15) is 0 Å². The molecule has 0 aliphatic heterocycles. The van der Waals surface area contributed by atoms with Gasteiger partial charge >= 0.3 is 5.69 Å². The van der Waals surface area contributed by atoms with Crippen molar-refractivity contribution in [1.29, 1.82) is 0 Å². The quantitative estimate of drug-likeness (QED) is 0.499. The summed E-state index contributed by atoms with van der Waals surface area (Å²) in [4.78, 5) is 23.2. The van der Waals surface area contributed by atoms with E-state index < -0.39 is 4.92 Å². The van der Waals surface area contributed by atoms with Gasteiger partial charge in [0.25, 0.3) is 5.91 Å². The number of methoxy groups -OCH3 is 1. The van der Waals surface area contributed by atoms with Crippen LogP contribution in [0.2, 0.25) is 0 Å². The van der Waals surface area contributed by atoms with Gasteiger partial charge in [-0.3, -0.25) is 14.9 Å². The highest BCUT2D eigenvalue weighted by Gasteiger charge is 2.16. The molecule has 142 valence electrons. The van der Waals surface area contributed by atoms with Gasteiger partial charge in [0.15, 0.2) is 5.75 Å². The van der Waals surface area contributed by atoms with E-state index in [1.165, 1.54) is 19.2 Å². The van der Waals surface area contributed by atoms with E-state index in [1.807, 2.05) is 30.3 Å². The lowest BCUT2D eigenvalue weighted by Gasteiger charge is -2.09. The van der Waals surface area contributed by atoms with Crippen molar-refractivity contribution >= 4 is 17.3 Å². The molecule has 0 heterocycles. The van der Waals surface area contributed by atoms with Crippen LogP contribution in [0.1, 0.15) is 15.9 Å². The number of nitrogens with zero attached hydrogens (tertiary/aromatic N) is 1. The summed E-state index contributed by atoms with van der Waals surface area (Å²) < 4.78 is 4.97. The molecule has 0 saturated heterocycles. The molecule has 0 radical (unpaired) electrons. The van der Waals surface area contributed by atoms with Gasteiger partial charge < -0.3 is 15.8 Å². The SMILES string of the molecule is COc1ccc(NC(=O)c2cccc(-c3cccc(CN)c3)c2)cc1[N+](=O)[O-]. The Bertz CT molecular complexity index is 1030. The van der Waals surface area contributed by atoms with E-state index in [1.54, 1.807) is 24.3 Å². The molecule has 3 aromatic rings. The van der Waals surface area contributed by atoms with E-state index >= 15 is 0 Å². The highest BCUT2D eigenvalue weighted by molar-refractivity contribution is 6.05. The lowest BCUT2D eigenvalue weighted by molar-refractivity contribution is -0.385. The number of hydrogen-bond acceptors (Lipinski definition) is 5. The van der Waals surface area contributed by atoms with Gasteiger partial charge in [-0.15, -0.1) is 0 Å². The number of benzene rings is 3. The van der Waals surface area contributed by atoms with Gasteiger partial charge in [0, 0.05) is 23.9 Å². The summed E-state index contributed by atoms with van der Waals surface area (Å²) in [6.45, 7) is 0.435. The van der Waals surface area contributed by atoms with Gasteiger partial charge in [-0.25, -0.2) is 0 Å². The maximum absolute atomic E-state index is 12.6. The molecule has 3 rings (SSSR count). The van der Waals surface area contributed by atoms with Crippen LogP contribution >= 0.6 is 0 Å². The smallest absolute Gasteiger partial charge is 0.312 e. The second kappa shape index (κ2) is 8.32. The van der Waals surface area contributed by atoms with Crippen LogP contribution in [0, 0.1) is 10.1 Å². The van der Waals surface area contributed by atoms with Crippen molar-refractivity contribution in [3.8, 4) is 16.9 Å². The number of amides is 1. The van der Waals surface area contributed by atoms with Crippen molar-refractivity contribution in [3.63, 3.8) is 0 Å². The summed E-state index contributed by atoms with van der Waals surface area (Å²) in [5.41, 5.74) is 9.06. The Morgan fingerprint density at radius 3 is 2.46 bits per heavy atom. The molecule has 0 spiro atoms. The molecule has 0 atom stereocenters. The number of nitro groups is 1. The predicted molar refractivity (Wildman–Crippen MR) is 107 cm³/mol. The third-order valence-electron chi connectivity index (χ3n) is 4.25. The first kappa shape index (κ1) is 19.1. The average molecular weight is 377 g/mol. The number of nitrogens with two attached hydrogens (primary N) is 1. The van der Waals surface area contributed by atoms with Crippen molar-refractivity contribution in [2.24, 2.45) is 5.73 Å². The van der Waals surface area contributed by atoms with Gasteiger partial charge in [0.05, 0.1) is 12.0 Å². The Labute approximate surface area is 161 Å². The van der Waals surface area contributed by atoms with E-state index in [2.05, 4.69) is 5.32 Å². The van der Waals surface area contributed by atoms with E-state index in [0.29, 0.717) is 17.8 Å². The first-order valence-electron chi connectivity index (χ1n) is 8.55. The molecule has 7 nitrogen and oxygen atoms in total. The highest BCUT2D eigenvalue weighted by atomic mass is 16.6. The first-order valence-corrected chi connectivity index (χ1v) is 8.55. The Hall–Kier alpha value is -3.71. The minimum Gasteiger partial charge on any atom is -0.490 e. The van der Waals surface area contributed by atoms with Crippen molar-refractivity contribution in [2.45, 2.75) is 6.54 Å². The molecule has 3 N–H and O–H groups in total. The fourth-order valence-corrected chi connectivity index (χ4v) is 2.83. The minimum absolute atomic E-state index is 0.129. The molecular weight excluding hydrogens is 358 g/mol. The van der Waals surface area contributed by atoms with Crippen molar-refractivity contribution < 1.29 is 14.5 Å². The molecular formula is C21H19N3O4.